The first-order valence-corrected chi connectivity index (χ1v) is 8.30. The van der Waals surface area contributed by atoms with Crippen LogP contribution in [0.3, 0.4) is 0 Å². The molecule has 27 heavy (non-hydrogen) atoms. The summed E-state index contributed by atoms with van der Waals surface area (Å²) in [5.74, 6) is 0.459. The highest BCUT2D eigenvalue weighted by Gasteiger charge is 2.12. The molecule has 0 bridgehead atoms. The molecule has 6 nitrogen and oxygen atoms in total. The highest BCUT2D eigenvalue weighted by atomic mass is 35.5. The van der Waals surface area contributed by atoms with Gasteiger partial charge in [-0.15, -0.1) is 0 Å². The number of para-hydroxylation sites is 1. The number of ether oxygens (including phenoxy) is 4. The summed E-state index contributed by atoms with van der Waals surface area (Å²) in [6.45, 7) is -0.402. The Morgan fingerprint density at radius 3 is 2.37 bits per heavy atom. The zero-order valence-corrected chi connectivity index (χ0v) is 15.9. The van der Waals surface area contributed by atoms with Crippen molar-refractivity contribution < 1.29 is 28.5 Å². The second kappa shape index (κ2) is 9.64. The molecule has 0 radical (unpaired) electrons. The van der Waals surface area contributed by atoms with Gasteiger partial charge in [-0.3, -0.25) is 4.79 Å². The van der Waals surface area contributed by atoms with E-state index in [1.165, 1.54) is 39.5 Å². The summed E-state index contributed by atoms with van der Waals surface area (Å²) in [4.78, 5) is 24.0. The minimum Gasteiger partial charge on any atom is -0.495 e. The number of hydrogen-bond donors (Lipinski definition) is 0. The lowest BCUT2D eigenvalue weighted by Crippen LogP contribution is -2.12. The number of rotatable bonds is 8. The molecule has 0 N–H and O–H groups in total. The second-order valence-electron chi connectivity index (χ2n) is 5.30. The molecule has 0 unspecified atom stereocenters. The Balaban J connectivity index is 1.99. The Morgan fingerprint density at radius 2 is 1.74 bits per heavy atom. The molecule has 0 saturated carbocycles. The van der Waals surface area contributed by atoms with E-state index in [1.807, 2.05) is 0 Å². The van der Waals surface area contributed by atoms with Crippen LogP contribution in [0.15, 0.2) is 42.5 Å². The van der Waals surface area contributed by atoms with Gasteiger partial charge in [0.25, 0.3) is 0 Å². The summed E-state index contributed by atoms with van der Waals surface area (Å²) >= 11 is 5.99. The fourth-order valence-electron chi connectivity index (χ4n) is 2.31. The molecule has 0 saturated heterocycles. The molecule has 0 amide bonds. The molecular weight excluding hydrogens is 372 g/mol. The van der Waals surface area contributed by atoms with Crippen LogP contribution in [0.5, 0.6) is 17.2 Å². The van der Waals surface area contributed by atoms with E-state index >= 15 is 0 Å². The summed E-state index contributed by atoms with van der Waals surface area (Å²) in [6.07, 6.45) is 2.74. The van der Waals surface area contributed by atoms with Crippen LogP contribution in [0.4, 0.5) is 0 Å². The van der Waals surface area contributed by atoms with Crippen LogP contribution in [0.25, 0.3) is 6.08 Å². The lowest BCUT2D eigenvalue weighted by molar-refractivity contribution is -0.136. The van der Waals surface area contributed by atoms with E-state index in [2.05, 4.69) is 0 Å². The molecule has 0 atom stereocenters. The average molecular weight is 391 g/mol. The van der Waals surface area contributed by atoms with E-state index in [0.717, 1.165) is 0 Å². The molecule has 0 spiro atoms. The van der Waals surface area contributed by atoms with Gasteiger partial charge in [-0.25, -0.2) is 4.79 Å². The van der Waals surface area contributed by atoms with Crippen LogP contribution in [0.1, 0.15) is 15.9 Å². The standard InChI is InChI=1S/C20H19ClO6/c1-24-17-9-7-14(11-15(17)21)16(22)12-27-19(23)10-8-13-5-4-6-18(25-2)20(13)26-3/h4-11H,12H2,1-3H3/b10-8+. The van der Waals surface area contributed by atoms with E-state index in [0.29, 0.717) is 33.4 Å². The third kappa shape index (κ3) is 5.24. The number of hydrogen-bond acceptors (Lipinski definition) is 6. The normalized spacial score (nSPS) is 10.5. The number of esters is 1. The van der Waals surface area contributed by atoms with Gasteiger partial charge in [0, 0.05) is 17.2 Å². The van der Waals surface area contributed by atoms with Gasteiger partial charge in [-0.1, -0.05) is 23.7 Å². The summed E-state index contributed by atoms with van der Waals surface area (Å²) in [7, 11) is 4.51. The van der Waals surface area contributed by atoms with E-state index < -0.39 is 12.6 Å². The Morgan fingerprint density at radius 1 is 1.00 bits per heavy atom. The lowest BCUT2D eigenvalue weighted by atomic mass is 10.1. The van der Waals surface area contributed by atoms with Gasteiger partial charge in [0.1, 0.15) is 5.75 Å². The topological polar surface area (TPSA) is 71.1 Å². The van der Waals surface area contributed by atoms with Crippen LogP contribution in [-0.2, 0) is 9.53 Å². The number of Topliss-reactive ketones (excluding diaryl/α,β-unsaturated/α-hetero) is 1. The monoisotopic (exact) mass is 390 g/mol. The summed E-state index contributed by atoms with van der Waals surface area (Å²) in [5.41, 5.74) is 0.967. The smallest absolute Gasteiger partial charge is 0.331 e. The zero-order chi connectivity index (χ0) is 19.8. The highest BCUT2D eigenvalue weighted by molar-refractivity contribution is 6.32. The van der Waals surface area contributed by atoms with Crippen molar-refractivity contribution in [2.24, 2.45) is 0 Å². The minimum atomic E-state index is -0.659. The first-order valence-electron chi connectivity index (χ1n) is 7.92. The zero-order valence-electron chi connectivity index (χ0n) is 15.2. The van der Waals surface area contributed by atoms with Gasteiger partial charge in [-0.05, 0) is 30.3 Å². The van der Waals surface area contributed by atoms with Gasteiger partial charge in [0.05, 0.1) is 26.4 Å². The van der Waals surface area contributed by atoms with Crippen molar-refractivity contribution in [2.75, 3.05) is 27.9 Å². The van der Waals surface area contributed by atoms with E-state index in [1.54, 1.807) is 30.3 Å². The Hall–Kier alpha value is -2.99. The van der Waals surface area contributed by atoms with Crippen molar-refractivity contribution in [3.05, 3.63) is 58.6 Å². The molecule has 0 aliphatic carbocycles. The van der Waals surface area contributed by atoms with Crippen molar-refractivity contribution in [3.8, 4) is 17.2 Å². The van der Waals surface area contributed by atoms with Crippen molar-refractivity contribution in [3.63, 3.8) is 0 Å². The van der Waals surface area contributed by atoms with Gasteiger partial charge >= 0.3 is 5.97 Å². The first-order chi connectivity index (χ1) is 13.0. The fraction of sp³-hybridized carbons (Fsp3) is 0.200. The van der Waals surface area contributed by atoms with Gasteiger partial charge < -0.3 is 18.9 Å². The maximum absolute atomic E-state index is 12.1. The van der Waals surface area contributed by atoms with Crippen molar-refractivity contribution >= 4 is 29.4 Å². The number of methoxy groups -OCH3 is 3. The predicted molar refractivity (Wildman–Crippen MR) is 102 cm³/mol. The minimum absolute atomic E-state index is 0.305. The van der Waals surface area contributed by atoms with Gasteiger partial charge in [0.15, 0.2) is 23.9 Å². The third-order valence-corrected chi connectivity index (χ3v) is 3.95. The van der Waals surface area contributed by atoms with Crippen molar-refractivity contribution in [1.82, 2.24) is 0 Å². The van der Waals surface area contributed by atoms with Crippen LogP contribution in [0.2, 0.25) is 5.02 Å². The molecule has 0 heterocycles. The Kier molecular flexibility index (Phi) is 7.25. The molecule has 2 aromatic carbocycles. The largest absolute Gasteiger partial charge is 0.495 e. The molecule has 142 valence electrons. The molecule has 0 aliphatic heterocycles. The van der Waals surface area contributed by atoms with E-state index in [9.17, 15) is 9.59 Å². The van der Waals surface area contributed by atoms with Crippen LogP contribution < -0.4 is 14.2 Å². The lowest BCUT2D eigenvalue weighted by Gasteiger charge is -2.09. The molecule has 2 aromatic rings. The van der Waals surface area contributed by atoms with Crippen LogP contribution in [-0.4, -0.2) is 39.7 Å². The summed E-state index contributed by atoms with van der Waals surface area (Å²) < 4.78 is 20.5. The van der Waals surface area contributed by atoms with Crippen LogP contribution in [0, 0.1) is 0 Å². The maximum atomic E-state index is 12.1. The summed E-state index contributed by atoms with van der Waals surface area (Å²) in [5, 5.41) is 0.305. The molecule has 0 aliphatic rings. The third-order valence-electron chi connectivity index (χ3n) is 3.65. The summed E-state index contributed by atoms with van der Waals surface area (Å²) in [6, 6.07) is 9.86. The second-order valence-corrected chi connectivity index (χ2v) is 5.70. The molecular formula is C20H19ClO6. The number of ketones is 1. The molecule has 0 aromatic heterocycles. The first kappa shape index (κ1) is 20.3. The number of benzene rings is 2. The predicted octanol–water partition coefficient (Wildman–Crippen LogP) is 3.81. The Labute approximate surface area is 162 Å². The molecule has 7 heteroatoms. The number of halogens is 1. The average Bonchev–Trinajstić information content (AvgIpc) is 2.69. The number of carbonyl (C=O) groups excluding carboxylic acids is 2. The van der Waals surface area contributed by atoms with Gasteiger partial charge in [0.2, 0.25) is 0 Å². The molecule has 0 fully saturated rings. The van der Waals surface area contributed by atoms with Crippen molar-refractivity contribution in [1.29, 1.82) is 0 Å². The molecule has 2 rings (SSSR count). The fourth-order valence-corrected chi connectivity index (χ4v) is 2.57. The van der Waals surface area contributed by atoms with Crippen molar-refractivity contribution in [2.45, 2.75) is 0 Å². The van der Waals surface area contributed by atoms with Gasteiger partial charge in [-0.2, -0.15) is 0 Å². The maximum Gasteiger partial charge on any atom is 0.331 e. The number of carbonyl (C=O) groups is 2. The van der Waals surface area contributed by atoms with Crippen LogP contribution >= 0.6 is 11.6 Å². The van der Waals surface area contributed by atoms with E-state index in [4.69, 9.17) is 30.5 Å². The SMILES string of the molecule is COc1ccc(C(=O)COC(=O)/C=C/c2cccc(OC)c2OC)cc1Cl. The highest BCUT2D eigenvalue weighted by Crippen LogP contribution is 2.31. The quantitative estimate of drug-likeness (QED) is 0.388. The van der Waals surface area contributed by atoms with E-state index in [-0.39, 0.29) is 5.78 Å². The Bertz CT molecular complexity index is 860.